The van der Waals surface area contributed by atoms with Gasteiger partial charge in [0.15, 0.2) is 6.10 Å². The van der Waals surface area contributed by atoms with Crippen LogP contribution in [0, 0.1) is 0 Å². The number of likely N-dealkylation sites (tertiary alicyclic amines) is 1. The molecule has 1 atom stereocenters. The van der Waals surface area contributed by atoms with Gasteiger partial charge < -0.3 is 19.1 Å². The second-order valence-electron chi connectivity index (χ2n) is 8.48. The van der Waals surface area contributed by atoms with Gasteiger partial charge in [0.2, 0.25) is 17.6 Å². The number of amides is 2. The van der Waals surface area contributed by atoms with Crippen molar-refractivity contribution in [3.8, 4) is 17.1 Å². The summed E-state index contributed by atoms with van der Waals surface area (Å²) < 4.78 is 11.4. The van der Waals surface area contributed by atoms with E-state index in [1.165, 1.54) is 0 Å². The number of para-hydroxylation sites is 2. The zero-order chi connectivity index (χ0) is 23.5. The molecule has 2 aliphatic rings. The lowest BCUT2D eigenvalue weighted by atomic mass is 10.1. The van der Waals surface area contributed by atoms with Gasteiger partial charge in [-0.3, -0.25) is 9.59 Å². The summed E-state index contributed by atoms with van der Waals surface area (Å²) >= 11 is 5.93. The summed E-state index contributed by atoms with van der Waals surface area (Å²) in [6, 6.07) is 14.5. The number of hydrogen-bond donors (Lipinski definition) is 0. The summed E-state index contributed by atoms with van der Waals surface area (Å²) in [5.74, 6) is 1.18. The maximum absolute atomic E-state index is 13.2. The standard InChI is InChI=1S/C25H25ClN4O4/c26-18-10-8-17(9-11-18)24-27-22(34-28-24)12-13-23(31)30-16-21(25(32)29-14-4-1-5-15-29)33-20-7-3-2-6-19(20)30/h2-3,6-11,21H,1,4-5,12-16H2. The van der Waals surface area contributed by atoms with E-state index in [0.29, 0.717) is 34.6 Å². The molecule has 176 valence electrons. The minimum absolute atomic E-state index is 0.0588. The zero-order valence-electron chi connectivity index (χ0n) is 18.7. The van der Waals surface area contributed by atoms with Crippen LogP contribution in [0.5, 0.6) is 5.75 Å². The van der Waals surface area contributed by atoms with Crippen molar-refractivity contribution in [1.29, 1.82) is 0 Å². The number of anilines is 1. The van der Waals surface area contributed by atoms with Crippen LogP contribution in [-0.4, -0.2) is 52.6 Å². The SMILES string of the molecule is O=C(C1CN(C(=O)CCc2nc(-c3ccc(Cl)cc3)no2)c2ccccc2O1)N1CCCCC1. The summed E-state index contributed by atoms with van der Waals surface area (Å²) in [6.45, 7) is 1.66. The number of aryl methyl sites for hydroxylation is 1. The molecule has 0 aliphatic carbocycles. The largest absolute Gasteiger partial charge is 0.476 e. The highest BCUT2D eigenvalue weighted by Crippen LogP contribution is 2.34. The fraction of sp³-hybridized carbons (Fsp3) is 0.360. The first kappa shape index (κ1) is 22.4. The van der Waals surface area contributed by atoms with Crippen LogP contribution >= 0.6 is 11.6 Å². The van der Waals surface area contributed by atoms with Crippen LogP contribution < -0.4 is 9.64 Å². The third-order valence-electron chi connectivity index (χ3n) is 6.14. The minimum Gasteiger partial charge on any atom is -0.476 e. The number of fused-ring (bicyclic) bond motifs is 1. The number of carbonyl (C=O) groups excluding carboxylic acids is 2. The third kappa shape index (κ3) is 4.77. The van der Waals surface area contributed by atoms with Gasteiger partial charge in [0, 0.05) is 36.5 Å². The van der Waals surface area contributed by atoms with Crippen molar-refractivity contribution in [2.45, 2.75) is 38.2 Å². The molecule has 8 nitrogen and oxygen atoms in total. The van der Waals surface area contributed by atoms with Crippen LogP contribution in [-0.2, 0) is 16.0 Å². The van der Waals surface area contributed by atoms with Crippen molar-refractivity contribution in [1.82, 2.24) is 15.0 Å². The molecule has 5 rings (SSSR count). The molecule has 9 heteroatoms. The van der Waals surface area contributed by atoms with Crippen LogP contribution in [0.25, 0.3) is 11.4 Å². The van der Waals surface area contributed by atoms with Gasteiger partial charge in [0.25, 0.3) is 5.91 Å². The topological polar surface area (TPSA) is 88.8 Å². The summed E-state index contributed by atoms with van der Waals surface area (Å²) in [7, 11) is 0. The molecule has 1 aromatic heterocycles. The van der Waals surface area contributed by atoms with Gasteiger partial charge in [0.1, 0.15) is 5.75 Å². The lowest BCUT2D eigenvalue weighted by Gasteiger charge is -2.37. The lowest BCUT2D eigenvalue weighted by Crippen LogP contribution is -2.52. The quantitative estimate of drug-likeness (QED) is 0.545. The van der Waals surface area contributed by atoms with Crippen molar-refractivity contribution in [3.63, 3.8) is 0 Å². The number of piperidine rings is 1. The van der Waals surface area contributed by atoms with Crippen LogP contribution in [0.15, 0.2) is 53.1 Å². The Kier molecular flexibility index (Phi) is 6.49. The molecule has 1 saturated heterocycles. The summed E-state index contributed by atoms with van der Waals surface area (Å²) in [6.07, 6.45) is 2.89. The number of nitrogens with zero attached hydrogens (tertiary/aromatic N) is 4. The smallest absolute Gasteiger partial charge is 0.265 e. The highest BCUT2D eigenvalue weighted by molar-refractivity contribution is 6.30. The molecule has 0 radical (unpaired) electrons. The van der Waals surface area contributed by atoms with Crippen LogP contribution in [0.3, 0.4) is 0 Å². The first-order valence-electron chi connectivity index (χ1n) is 11.5. The van der Waals surface area contributed by atoms with E-state index in [9.17, 15) is 9.59 Å². The average molecular weight is 481 g/mol. The molecule has 34 heavy (non-hydrogen) atoms. The molecule has 1 unspecified atom stereocenters. The van der Waals surface area contributed by atoms with Gasteiger partial charge in [0.05, 0.1) is 12.2 Å². The number of aromatic nitrogens is 2. The number of halogens is 1. The zero-order valence-corrected chi connectivity index (χ0v) is 19.4. The van der Waals surface area contributed by atoms with Gasteiger partial charge in [-0.15, -0.1) is 0 Å². The van der Waals surface area contributed by atoms with E-state index in [2.05, 4.69) is 10.1 Å². The molecular formula is C25H25ClN4O4. The highest BCUT2D eigenvalue weighted by atomic mass is 35.5. The van der Waals surface area contributed by atoms with E-state index in [1.54, 1.807) is 23.1 Å². The number of ether oxygens (including phenoxy) is 1. The molecule has 1 fully saturated rings. The molecule has 0 N–H and O–H groups in total. The maximum atomic E-state index is 13.2. The fourth-order valence-electron chi connectivity index (χ4n) is 4.34. The molecule has 2 amide bonds. The van der Waals surface area contributed by atoms with Crippen molar-refractivity contribution in [2.75, 3.05) is 24.5 Å². The van der Waals surface area contributed by atoms with Gasteiger partial charge in [-0.2, -0.15) is 4.98 Å². The molecule has 0 bridgehead atoms. The number of rotatable bonds is 5. The Hall–Kier alpha value is -3.39. The van der Waals surface area contributed by atoms with Gasteiger partial charge >= 0.3 is 0 Å². The normalized spacial score (nSPS) is 17.7. The maximum Gasteiger partial charge on any atom is 0.265 e. The highest BCUT2D eigenvalue weighted by Gasteiger charge is 2.36. The Morgan fingerprint density at radius 2 is 1.79 bits per heavy atom. The van der Waals surface area contributed by atoms with Crippen LogP contribution in [0.2, 0.25) is 5.02 Å². The Labute approximate surface area is 202 Å². The Morgan fingerprint density at radius 1 is 1.03 bits per heavy atom. The minimum atomic E-state index is -0.711. The average Bonchev–Trinajstić information content (AvgIpc) is 3.36. The van der Waals surface area contributed by atoms with Crippen molar-refractivity contribution >= 4 is 29.1 Å². The van der Waals surface area contributed by atoms with E-state index >= 15 is 0 Å². The molecular weight excluding hydrogens is 456 g/mol. The predicted octanol–water partition coefficient (Wildman–Crippen LogP) is 4.13. The van der Waals surface area contributed by atoms with Gasteiger partial charge in [-0.05, 0) is 55.7 Å². The first-order valence-corrected chi connectivity index (χ1v) is 11.9. The molecule has 3 aromatic rings. The van der Waals surface area contributed by atoms with Crippen LogP contribution in [0.4, 0.5) is 5.69 Å². The van der Waals surface area contributed by atoms with Gasteiger partial charge in [-0.1, -0.05) is 28.9 Å². The van der Waals surface area contributed by atoms with Crippen LogP contribution in [0.1, 0.15) is 31.6 Å². The first-order chi connectivity index (χ1) is 16.6. The number of hydrogen-bond acceptors (Lipinski definition) is 6. The lowest BCUT2D eigenvalue weighted by molar-refractivity contribution is -0.139. The molecule has 0 saturated carbocycles. The van der Waals surface area contributed by atoms with Crippen molar-refractivity contribution in [3.05, 3.63) is 59.4 Å². The van der Waals surface area contributed by atoms with Crippen molar-refractivity contribution in [2.24, 2.45) is 0 Å². The number of benzene rings is 2. The summed E-state index contributed by atoms with van der Waals surface area (Å²) in [5, 5.41) is 4.63. The predicted molar refractivity (Wildman–Crippen MR) is 127 cm³/mol. The second-order valence-corrected chi connectivity index (χ2v) is 8.92. The monoisotopic (exact) mass is 480 g/mol. The van der Waals surface area contributed by atoms with E-state index < -0.39 is 6.10 Å². The molecule has 0 spiro atoms. The fourth-order valence-corrected chi connectivity index (χ4v) is 4.46. The molecule has 2 aromatic carbocycles. The third-order valence-corrected chi connectivity index (χ3v) is 6.39. The van der Waals surface area contributed by atoms with E-state index in [0.717, 1.165) is 37.9 Å². The second kappa shape index (κ2) is 9.85. The van der Waals surface area contributed by atoms with Crippen molar-refractivity contribution < 1.29 is 18.8 Å². The Morgan fingerprint density at radius 3 is 2.59 bits per heavy atom. The van der Waals surface area contributed by atoms with Gasteiger partial charge in [-0.25, -0.2) is 0 Å². The van der Waals surface area contributed by atoms with E-state index in [1.807, 2.05) is 35.2 Å². The summed E-state index contributed by atoms with van der Waals surface area (Å²) in [4.78, 5) is 34.2. The van der Waals surface area contributed by atoms with E-state index in [4.69, 9.17) is 20.9 Å². The summed E-state index contributed by atoms with van der Waals surface area (Å²) in [5.41, 5.74) is 1.45. The molecule has 3 heterocycles. The van der Waals surface area contributed by atoms with E-state index in [-0.39, 0.29) is 24.8 Å². The Bertz CT molecular complexity index is 1170. The Balaban J connectivity index is 1.27. The number of carbonyl (C=O) groups is 2. The molecule has 2 aliphatic heterocycles.